The first kappa shape index (κ1) is 13.6. The highest BCUT2D eigenvalue weighted by molar-refractivity contribution is 7.99. The zero-order chi connectivity index (χ0) is 13.9. The van der Waals surface area contributed by atoms with Crippen LogP contribution < -0.4 is 15.2 Å². The summed E-state index contributed by atoms with van der Waals surface area (Å²) in [5, 5.41) is 0.716. The number of rotatable bonds is 3. The van der Waals surface area contributed by atoms with Crippen LogP contribution in [0.3, 0.4) is 0 Å². The van der Waals surface area contributed by atoms with Crippen LogP contribution in [0.15, 0.2) is 46.2 Å². The Morgan fingerprint density at radius 2 is 1.90 bits per heavy atom. The minimum Gasteiger partial charge on any atom is -0.486 e. The Labute approximate surface area is 127 Å². The lowest BCUT2D eigenvalue weighted by Crippen LogP contribution is -2.15. The average molecular weight is 308 g/mol. The lowest BCUT2D eigenvalue weighted by atomic mass is 10.2. The standard InChI is InChI=1S/C15H14ClNO2S/c16-12-3-1-2-10(9-17)15(12)20-11-4-5-13-14(8-11)19-7-6-18-13/h1-5,8H,6-7,9,17H2. The second-order valence-electron chi connectivity index (χ2n) is 4.34. The molecule has 2 aromatic carbocycles. The monoisotopic (exact) mass is 307 g/mol. The molecule has 2 N–H and O–H groups in total. The van der Waals surface area contributed by atoms with Crippen molar-refractivity contribution < 1.29 is 9.47 Å². The average Bonchev–Trinajstić information content (AvgIpc) is 2.49. The van der Waals surface area contributed by atoms with Crippen LogP contribution in [0.1, 0.15) is 5.56 Å². The van der Waals surface area contributed by atoms with Crippen LogP contribution >= 0.6 is 23.4 Å². The van der Waals surface area contributed by atoms with Crippen LogP contribution in [-0.2, 0) is 6.54 Å². The molecule has 0 aromatic heterocycles. The SMILES string of the molecule is NCc1cccc(Cl)c1Sc1ccc2c(c1)OCCO2. The third kappa shape index (κ3) is 2.73. The number of halogens is 1. The van der Waals surface area contributed by atoms with Gasteiger partial charge in [0, 0.05) is 16.3 Å². The van der Waals surface area contributed by atoms with Gasteiger partial charge in [0.2, 0.25) is 0 Å². The molecule has 0 aliphatic carbocycles. The van der Waals surface area contributed by atoms with E-state index in [1.54, 1.807) is 11.8 Å². The van der Waals surface area contributed by atoms with Crippen molar-refractivity contribution in [2.45, 2.75) is 16.3 Å². The number of nitrogens with two attached hydrogens (primary N) is 1. The van der Waals surface area contributed by atoms with Gasteiger partial charge in [0.25, 0.3) is 0 Å². The fourth-order valence-corrected chi connectivity index (χ4v) is 3.33. The van der Waals surface area contributed by atoms with Gasteiger partial charge in [0.1, 0.15) is 13.2 Å². The van der Waals surface area contributed by atoms with E-state index in [-0.39, 0.29) is 0 Å². The summed E-state index contributed by atoms with van der Waals surface area (Å²) < 4.78 is 11.1. The molecule has 0 saturated carbocycles. The van der Waals surface area contributed by atoms with Crippen LogP contribution in [0, 0.1) is 0 Å². The maximum atomic E-state index is 6.27. The molecule has 2 aromatic rings. The second kappa shape index (κ2) is 5.95. The van der Waals surface area contributed by atoms with Gasteiger partial charge in [-0.25, -0.2) is 0 Å². The number of hydrogen-bond acceptors (Lipinski definition) is 4. The van der Waals surface area contributed by atoms with Gasteiger partial charge in [-0.1, -0.05) is 35.5 Å². The summed E-state index contributed by atoms with van der Waals surface area (Å²) in [7, 11) is 0. The second-order valence-corrected chi connectivity index (χ2v) is 5.83. The molecule has 1 aliphatic rings. The molecule has 3 rings (SSSR count). The van der Waals surface area contributed by atoms with Crippen LogP contribution in [0.4, 0.5) is 0 Å². The molecule has 20 heavy (non-hydrogen) atoms. The molecule has 0 atom stereocenters. The molecule has 0 saturated heterocycles. The van der Waals surface area contributed by atoms with Crippen molar-refractivity contribution >= 4 is 23.4 Å². The van der Waals surface area contributed by atoms with Gasteiger partial charge < -0.3 is 15.2 Å². The highest BCUT2D eigenvalue weighted by atomic mass is 35.5. The number of fused-ring (bicyclic) bond motifs is 1. The van der Waals surface area contributed by atoms with Crippen LogP contribution in [0.2, 0.25) is 5.02 Å². The summed E-state index contributed by atoms with van der Waals surface area (Å²) >= 11 is 7.86. The molecule has 5 heteroatoms. The zero-order valence-corrected chi connectivity index (χ0v) is 12.3. The van der Waals surface area contributed by atoms with E-state index in [4.69, 9.17) is 26.8 Å². The van der Waals surface area contributed by atoms with Gasteiger partial charge in [-0.15, -0.1) is 0 Å². The Morgan fingerprint density at radius 3 is 2.70 bits per heavy atom. The van der Waals surface area contributed by atoms with E-state index < -0.39 is 0 Å². The van der Waals surface area contributed by atoms with E-state index in [1.807, 2.05) is 36.4 Å². The number of benzene rings is 2. The molecular weight excluding hydrogens is 294 g/mol. The van der Waals surface area contributed by atoms with Crippen molar-refractivity contribution in [3.8, 4) is 11.5 Å². The predicted octanol–water partition coefficient (Wildman–Crippen LogP) is 3.72. The number of ether oxygens (including phenoxy) is 2. The van der Waals surface area contributed by atoms with Gasteiger partial charge in [-0.3, -0.25) is 0 Å². The van der Waals surface area contributed by atoms with E-state index in [9.17, 15) is 0 Å². The van der Waals surface area contributed by atoms with E-state index in [2.05, 4.69) is 0 Å². The lowest BCUT2D eigenvalue weighted by Gasteiger charge is -2.19. The minimum atomic E-state index is 0.466. The first-order valence-corrected chi connectivity index (χ1v) is 7.52. The van der Waals surface area contributed by atoms with Crippen molar-refractivity contribution in [3.63, 3.8) is 0 Å². The summed E-state index contributed by atoms with van der Waals surface area (Å²) in [6.07, 6.45) is 0. The topological polar surface area (TPSA) is 44.5 Å². The minimum absolute atomic E-state index is 0.466. The van der Waals surface area contributed by atoms with Crippen molar-refractivity contribution in [2.24, 2.45) is 5.73 Å². The molecule has 3 nitrogen and oxygen atoms in total. The van der Waals surface area contributed by atoms with Crippen molar-refractivity contribution in [3.05, 3.63) is 47.0 Å². The van der Waals surface area contributed by atoms with Gasteiger partial charge >= 0.3 is 0 Å². The van der Waals surface area contributed by atoms with Crippen LogP contribution in [0.25, 0.3) is 0 Å². The highest BCUT2D eigenvalue weighted by Crippen LogP contribution is 2.40. The van der Waals surface area contributed by atoms with E-state index in [0.29, 0.717) is 24.8 Å². The molecule has 0 bridgehead atoms. The molecule has 104 valence electrons. The largest absolute Gasteiger partial charge is 0.486 e. The van der Waals surface area contributed by atoms with Gasteiger partial charge in [-0.05, 0) is 29.8 Å². The van der Waals surface area contributed by atoms with Crippen molar-refractivity contribution in [1.82, 2.24) is 0 Å². The first-order valence-electron chi connectivity index (χ1n) is 6.33. The Morgan fingerprint density at radius 1 is 1.10 bits per heavy atom. The quantitative estimate of drug-likeness (QED) is 0.938. The van der Waals surface area contributed by atoms with Gasteiger partial charge in [0.15, 0.2) is 11.5 Å². The molecular formula is C15H14ClNO2S. The fourth-order valence-electron chi connectivity index (χ4n) is 2.03. The molecule has 0 fully saturated rings. The third-order valence-corrected chi connectivity index (χ3v) is 4.60. The van der Waals surface area contributed by atoms with Gasteiger partial charge in [0.05, 0.1) is 5.02 Å². The normalized spacial score (nSPS) is 13.3. The lowest BCUT2D eigenvalue weighted by molar-refractivity contribution is 0.171. The van der Waals surface area contributed by atoms with Crippen molar-refractivity contribution in [1.29, 1.82) is 0 Å². The molecule has 1 aliphatic heterocycles. The summed E-state index contributed by atoms with van der Waals surface area (Å²) in [6.45, 7) is 1.65. The molecule has 0 spiro atoms. The highest BCUT2D eigenvalue weighted by Gasteiger charge is 2.14. The fraction of sp³-hybridized carbons (Fsp3) is 0.200. The smallest absolute Gasteiger partial charge is 0.162 e. The summed E-state index contributed by atoms with van der Waals surface area (Å²) in [4.78, 5) is 2.05. The molecule has 0 unspecified atom stereocenters. The van der Waals surface area contributed by atoms with Gasteiger partial charge in [-0.2, -0.15) is 0 Å². The maximum Gasteiger partial charge on any atom is 0.162 e. The molecule has 0 amide bonds. The summed E-state index contributed by atoms with van der Waals surface area (Å²) in [5.74, 6) is 1.57. The van der Waals surface area contributed by atoms with Crippen LogP contribution in [-0.4, -0.2) is 13.2 Å². The Kier molecular flexibility index (Phi) is 4.05. The third-order valence-electron chi connectivity index (χ3n) is 3.00. The van der Waals surface area contributed by atoms with E-state index in [1.165, 1.54) is 0 Å². The summed E-state index contributed by atoms with van der Waals surface area (Å²) in [5.41, 5.74) is 6.81. The molecule has 1 heterocycles. The summed E-state index contributed by atoms with van der Waals surface area (Å²) in [6, 6.07) is 11.7. The van der Waals surface area contributed by atoms with Crippen molar-refractivity contribution in [2.75, 3.05) is 13.2 Å². The Balaban J connectivity index is 1.92. The van der Waals surface area contributed by atoms with E-state index in [0.717, 1.165) is 26.9 Å². The van der Waals surface area contributed by atoms with E-state index >= 15 is 0 Å². The van der Waals surface area contributed by atoms with Crippen LogP contribution in [0.5, 0.6) is 11.5 Å². The Bertz CT molecular complexity index is 633. The first-order chi connectivity index (χ1) is 9.78. The predicted molar refractivity (Wildman–Crippen MR) is 80.9 cm³/mol. The number of hydrogen-bond donors (Lipinski definition) is 1. The molecule has 0 radical (unpaired) electrons. The zero-order valence-electron chi connectivity index (χ0n) is 10.8. The Hall–Kier alpha value is -1.36. The maximum absolute atomic E-state index is 6.27.